The van der Waals surface area contributed by atoms with Crippen molar-refractivity contribution in [2.45, 2.75) is 43.6 Å². The molecule has 0 unspecified atom stereocenters. The highest BCUT2D eigenvalue weighted by molar-refractivity contribution is 6.03. The SMILES string of the molecule is COc1cc(C(=O)N2CCC3(CC2)CC(=O)c2cc(-c4ccc(F)c(C(=O)[O-])c4)ccc2O3)cc2c(C3CC3)nccc12. The van der Waals surface area contributed by atoms with E-state index in [0.717, 1.165) is 35.4 Å². The van der Waals surface area contributed by atoms with E-state index in [1.54, 1.807) is 42.5 Å². The van der Waals surface area contributed by atoms with Gasteiger partial charge >= 0.3 is 0 Å². The number of piperidine rings is 1. The molecule has 0 atom stereocenters. The lowest BCUT2D eigenvalue weighted by molar-refractivity contribution is -0.255. The highest BCUT2D eigenvalue weighted by atomic mass is 19.1. The predicted molar refractivity (Wildman–Crippen MR) is 154 cm³/mol. The van der Waals surface area contributed by atoms with E-state index in [2.05, 4.69) is 4.98 Å². The Balaban J connectivity index is 1.10. The van der Waals surface area contributed by atoms with Gasteiger partial charge < -0.3 is 24.3 Å². The van der Waals surface area contributed by atoms with Gasteiger partial charge in [-0.3, -0.25) is 14.6 Å². The summed E-state index contributed by atoms with van der Waals surface area (Å²) < 4.78 is 25.9. The maximum absolute atomic E-state index is 13.9. The zero-order chi connectivity index (χ0) is 29.9. The third-order valence-electron chi connectivity index (χ3n) is 8.87. The number of aromatic nitrogens is 1. The minimum absolute atomic E-state index is 0.0931. The number of Topliss-reactive ketones (excluding diaryl/α,β-unsaturated/α-hetero) is 1. The standard InChI is InChI=1S/C34H29FN2O6/c1-42-30-17-22(16-24-23(30)8-11-36-31(24)19-2-3-19)32(39)37-12-9-34(10-13-37)18-28(38)26-15-21(5-7-29(26)43-34)20-4-6-27(35)25(14-20)33(40)41/h4-8,11,14-17,19H,2-3,9-10,12-13,18H2,1H3,(H,40,41)/p-1. The minimum atomic E-state index is -1.61. The Labute approximate surface area is 247 Å². The minimum Gasteiger partial charge on any atom is -0.545 e. The number of methoxy groups -OCH3 is 1. The number of carbonyl (C=O) groups is 3. The third kappa shape index (κ3) is 4.78. The first kappa shape index (κ1) is 27.1. The van der Waals surface area contributed by atoms with Crippen molar-refractivity contribution in [3.8, 4) is 22.6 Å². The molecule has 3 aliphatic rings. The molecule has 1 saturated heterocycles. The molecule has 43 heavy (non-hydrogen) atoms. The summed E-state index contributed by atoms with van der Waals surface area (Å²) in [5, 5.41) is 13.2. The van der Waals surface area contributed by atoms with Gasteiger partial charge in [0.1, 0.15) is 22.9 Å². The van der Waals surface area contributed by atoms with Crippen LogP contribution < -0.4 is 14.6 Å². The van der Waals surface area contributed by atoms with Crippen molar-refractivity contribution in [3.63, 3.8) is 0 Å². The van der Waals surface area contributed by atoms with Crippen LogP contribution in [-0.4, -0.2) is 53.3 Å². The molecule has 3 aromatic carbocycles. The number of nitrogens with zero attached hydrogens (tertiary/aromatic N) is 2. The molecule has 4 aromatic rings. The van der Waals surface area contributed by atoms with Crippen LogP contribution in [0.2, 0.25) is 0 Å². The van der Waals surface area contributed by atoms with Gasteiger partial charge in [0, 0.05) is 59.9 Å². The van der Waals surface area contributed by atoms with Gasteiger partial charge in [0.2, 0.25) is 0 Å². The normalized spacial score (nSPS) is 17.4. The van der Waals surface area contributed by atoms with Crippen LogP contribution in [-0.2, 0) is 0 Å². The van der Waals surface area contributed by atoms with Gasteiger partial charge in [-0.25, -0.2) is 4.39 Å². The number of carbonyl (C=O) groups excluding carboxylic acids is 3. The average molecular weight is 580 g/mol. The molecule has 8 nitrogen and oxygen atoms in total. The number of pyridine rings is 1. The monoisotopic (exact) mass is 579 g/mol. The van der Waals surface area contributed by atoms with Crippen LogP contribution in [0, 0.1) is 5.82 Å². The lowest BCUT2D eigenvalue weighted by atomic mass is 9.81. The second-order valence-electron chi connectivity index (χ2n) is 11.6. The van der Waals surface area contributed by atoms with E-state index >= 15 is 0 Å². The fourth-order valence-corrected chi connectivity index (χ4v) is 6.36. The van der Waals surface area contributed by atoms with Gasteiger partial charge in [0.15, 0.2) is 5.78 Å². The number of carboxylic acid groups (broad SMARTS) is 1. The summed E-state index contributed by atoms with van der Waals surface area (Å²) in [6, 6.07) is 14.4. The Morgan fingerprint density at radius 1 is 1.02 bits per heavy atom. The van der Waals surface area contributed by atoms with Crippen LogP contribution >= 0.6 is 0 Å². The number of likely N-dealkylation sites (tertiary alicyclic amines) is 1. The van der Waals surface area contributed by atoms with E-state index in [9.17, 15) is 23.9 Å². The number of ether oxygens (including phenoxy) is 2. The summed E-state index contributed by atoms with van der Waals surface area (Å²) in [4.78, 5) is 44.7. The summed E-state index contributed by atoms with van der Waals surface area (Å²) in [5.74, 6) is -1.17. The number of carboxylic acids is 1. The molecular weight excluding hydrogens is 551 g/mol. The molecule has 1 saturated carbocycles. The van der Waals surface area contributed by atoms with Crippen LogP contribution in [0.25, 0.3) is 21.9 Å². The number of hydrogen-bond donors (Lipinski definition) is 0. The number of benzene rings is 3. The van der Waals surface area contributed by atoms with Crippen molar-refractivity contribution in [1.82, 2.24) is 9.88 Å². The number of rotatable bonds is 5. The maximum Gasteiger partial charge on any atom is 0.254 e. The van der Waals surface area contributed by atoms with Crippen molar-refractivity contribution >= 4 is 28.4 Å². The highest BCUT2D eigenvalue weighted by Gasteiger charge is 2.44. The largest absolute Gasteiger partial charge is 0.545 e. The van der Waals surface area contributed by atoms with E-state index < -0.39 is 23.0 Å². The Morgan fingerprint density at radius 3 is 2.49 bits per heavy atom. The molecule has 1 aromatic heterocycles. The van der Waals surface area contributed by atoms with Crippen molar-refractivity contribution in [2.75, 3.05) is 20.2 Å². The predicted octanol–water partition coefficient (Wildman–Crippen LogP) is 4.93. The van der Waals surface area contributed by atoms with Crippen LogP contribution in [0.15, 0.2) is 60.8 Å². The first-order valence-corrected chi connectivity index (χ1v) is 14.4. The molecule has 3 heterocycles. The Morgan fingerprint density at radius 2 is 1.77 bits per heavy atom. The Hall–Kier alpha value is -4.79. The van der Waals surface area contributed by atoms with Crippen molar-refractivity contribution < 1.29 is 33.4 Å². The van der Waals surface area contributed by atoms with Crippen molar-refractivity contribution in [2.24, 2.45) is 0 Å². The summed E-state index contributed by atoms with van der Waals surface area (Å²) in [6.45, 7) is 0.869. The number of amides is 1. The first-order valence-electron chi connectivity index (χ1n) is 14.4. The van der Waals surface area contributed by atoms with Gasteiger partial charge in [-0.1, -0.05) is 12.1 Å². The van der Waals surface area contributed by atoms with Crippen LogP contribution in [0.1, 0.15) is 74.8 Å². The first-order chi connectivity index (χ1) is 20.7. The smallest absolute Gasteiger partial charge is 0.254 e. The molecule has 1 aliphatic carbocycles. The van der Waals surface area contributed by atoms with Crippen molar-refractivity contribution in [1.29, 1.82) is 0 Å². The number of ketones is 1. The van der Waals surface area contributed by atoms with Crippen LogP contribution in [0.3, 0.4) is 0 Å². The Kier molecular flexibility index (Phi) is 6.41. The number of fused-ring (bicyclic) bond motifs is 2. The van der Waals surface area contributed by atoms with Gasteiger partial charge in [-0.2, -0.15) is 0 Å². The number of halogens is 1. The topological polar surface area (TPSA) is 109 Å². The average Bonchev–Trinajstić information content (AvgIpc) is 3.86. The second kappa shape index (κ2) is 10.2. The fourth-order valence-electron chi connectivity index (χ4n) is 6.36. The lowest BCUT2D eigenvalue weighted by Gasteiger charge is -2.44. The van der Waals surface area contributed by atoms with Gasteiger partial charge in [0.05, 0.1) is 30.8 Å². The maximum atomic E-state index is 13.9. The summed E-state index contributed by atoms with van der Waals surface area (Å²) in [6.07, 6.45) is 5.15. The molecule has 0 radical (unpaired) electrons. The molecule has 0 bridgehead atoms. The third-order valence-corrected chi connectivity index (χ3v) is 8.87. The second-order valence-corrected chi connectivity index (χ2v) is 11.6. The van der Waals surface area contributed by atoms with E-state index in [-0.39, 0.29) is 18.1 Å². The van der Waals surface area contributed by atoms with Crippen LogP contribution in [0.4, 0.5) is 4.39 Å². The molecular formula is C34H28FN2O6-. The van der Waals surface area contributed by atoms with E-state index in [0.29, 0.717) is 65.6 Å². The molecule has 2 fully saturated rings. The zero-order valence-electron chi connectivity index (χ0n) is 23.5. The number of aromatic carboxylic acids is 1. The summed E-state index contributed by atoms with van der Waals surface area (Å²) >= 11 is 0. The molecule has 2 aliphatic heterocycles. The summed E-state index contributed by atoms with van der Waals surface area (Å²) in [7, 11) is 1.60. The Bertz CT molecular complexity index is 1820. The van der Waals surface area contributed by atoms with Crippen molar-refractivity contribution in [3.05, 3.63) is 89.0 Å². The van der Waals surface area contributed by atoms with E-state index in [4.69, 9.17) is 9.47 Å². The van der Waals surface area contributed by atoms with E-state index in [1.165, 1.54) is 12.1 Å². The fraction of sp³-hybridized carbons (Fsp3) is 0.294. The molecule has 9 heteroatoms. The zero-order valence-corrected chi connectivity index (χ0v) is 23.5. The molecule has 218 valence electrons. The molecule has 0 N–H and O–H groups in total. The molecule has 1 amide bonds. The van der Waals surface area contributed by atoms with E-state index in [1.807, 2.05) is 12.1 Å². The number of hydrogen-bond acceptors (Lipinski definition) is 7. The lowest BCUT2D eigenvalue weighted by Crippen LogP contribution is -2.52. The van der Waals surface area contributed by atoms with Gasteiger partial charge in [0.25, 0.3) is 5.91 Å². The molecule has 1 spiro atoms. The van der Waals surface area contributed by atoms with Gasteiger partial charge in [-0.05, 0) is 66.4 Å². The quantitative estimate of drug-likeness (QED) is 0.330. The highest BCUT2D eigenvalue weighted by Crippen LogP contribution is 2.44. The summed E-state index contributed by atoms with van der Waals surface area (Å²) in [5.41, 5.74) is 1.72. The molecule has 7 rings (SSSR count). The van der Waals surface area contributed by atoms with Crippen LogP contribution in [0.5, 0.6) is 11.5 Å². The van der Waals surface area contributed by atoms with Gasteiger partial charge in [-0.15, -0.1) is 0 Å².